The first-order valence-corrected chi connectivity index (χ1v) is 10.7. The number of H-pyrrole nitrogens is 1. The molecule has 5 aromatic rings. The molecule has 0 spiro atoms. The van der Waals surface area contributed by atoms with Crippen LogP contribution < -0.4 is 5.56 Å². The molecule has 0 unspecified atom stereocenters. The van der Waals surface area contributed by atoms with Crippen molar-refractivity contribution >= 4 is 27.7 Å². The Morgan fingerprint density at radius 2 is 1.67 bits per heavy atom. The normalized spacial score (nSPS) is 11.4. The van der Waals surface area contributed by atoms with Gasteiger partial charge in [-0.1, -0.05) is 30.3 Å². The molecule has 3 aromatic heterocycles. The molecule has 164 valence electrons. The third-order valence-electron chi connectivity index (χ3n) is 5.59. The Hall–Kier alpha value is -4.26. The second-order valence-electron chi connectivity index (χ2n) is 8.11. The minimum absolute atomic E-state index is 0.131. The van der Waals surface area contributed by atoms with Crippen LogP contribution in [-0.4, -0.2) is 31.8 Å². The van der Waals surface area contributed by atoms with Crippen LogP contribution in [0.4, 0.5) is 0 Å². The second kappa shape index (κ2) is 8.35. The van der Waals surface area contributed by atoms with E-state index in [1.165, 1.54) is 0 Å². The molecule has 0 saturated carbocycles. The summed E-state index contributed by atoms with van der Waals surface area (Å²) in [7, 11) is 0. The molecular formula is C26H22N4O3. The molecule has 0 radical (unpaired) electrons. The highest BCUT2D eigenvalue weighted by Crippen LogP contribution is 2.27. The van der Waals surface area contributed by atoms with E-state index in [4.69, 9.17) is 4.42 Å². The Balaban J connectivity index is 1.59. The zero-order chi connectivity index (χ0) is 22.9. The van der Waals surface area contributed by atoms with Gasteiger partial charge >= 0.3 is 0 Å². The van der Waals surface area contributed by atoms with Crippen LogP contribution in [0.25, 0.3) is 33.3 Å². The molecule has 0 aliphatic rings. The lowest BCUT2D eigenvalue weighted by Crippen LogP contribution is -2.37. The van der Waals surface area contributed by atoms with Crippen LogP contribution in [0.5, 0.6) is 0 Å². The van der Waals surface area contributed by atoms with Crippen LogP contribution >= 0.6 is 0 Å². The van der Waals surface area contributed by atoms with E-state index in [9.17, 15) is 9.59 Å². The van der Waals surface area contributed by atoms with Crippen molar-refractivity contribution in [3.63, 3.8) is 0 Å². The van der Waals surface area contributed by atoms with Gasteiger partial charge in [-0.15, -0.1) is 0 Å². The van der Waals surface area contributed by atoms with Crippen LogP contribution in [0.1, 0.15) is 30.0 Å². The first-order chi connectivity index (χ1) is 16.0. The molecule has 2 aromatic carbocycles. The summed E-state index contributed by atoms with van der Waals surface area (Å²) in [6.07, 6.45) is 1.58. The van der Waals surface area contributed by atoms with Gasteiger partial charge in [-0.3, -0.25) is 9.59 Å². The number of carbonyl (C=O) groups is 1. The molecular weight excluding hydrogens is 416 g/mol. The molecule has 0 bridgehead atoms. The summed E-state index contributed by atoms with van der Waals surface area (Å²) in [5.41, 5.74) is 2.19. The Kier molecular flexibility index (Phi) is 5.22. The van der Waals surface area contributed by atoms with Gasteiger partial charge in [-0.2, -0.15) is 0 Å². The summed E-state index contributed by atoms with van der Waals surface area (Å²) >= 11 is 0. The van der Waals surface area contributed by atoms with E-state index in [2.05, 4.69) is 15.0 Å². The largest absolute Gasteiger partial charge is 0.463 e. The van der Waals surface area contributed by atoms with Gasteiger partial charge in [-0.25, -0.2) is 9.97 Å². The number of pyridine rings is 1. The van der Waals surface area contributed by atoms with Crippen LogP contribution in [0, 0.1) is 0 Å². The molecule has 0 fully saturated rings. The molecule has 1 N–H and O–H groups in total. The van der Waals surface area contributed by atoms with Crippen molar-refractivity contribution in [2.75, 3.05) is 0 Å². The van der Waals surface area contributed by atoms with Gasteiger partial charge < -0.3 is 14.3 Å². The third kappa shape index (κ3) is 3.89. The van der Waals surface area contributed by atoms with E-state index in [-0.39, 0.29) is 24.1 Å². The molecule has 0 atom stereocenters. The molecule has 1 amide bonds. The van der Waals surface area contributed by atoms with E-state index in [0.717, 1.165) is 5.39 Å². The van der Waals surface area contributed by atoms with Crippen molar-refractivity contribution in [1.82, 2.24) is 19.9 Å². The summed E-state index contributed by atoms with van der Waals surface area (Å²) in [4.78, 5) is 40.1. The predicted molar refractivity (Wildman–Crippen MR) is 127 cm³/mol. The summed E-state index contributed by atoms with van der Waals surface area (Å²) in [5.74, 6) is 0.851. The summed E-state index contributed by atoms with van der Waals surface area (Å²) in [6.45, 7) is 4.05. The summed E-state index contributed by atoms with van der Waals surface area (Å²) in [5, 5.41) is 1.27. The zero-order valence-corrected chi connectivity index (χ0v) is 18.3. The van der Waals surface area contributed by atoms with Gasteiger partial charge in [-0.05, 0) is 50.2 Å². The molecule has 7 heteroatoms. The Morgan fingerprint density at radius 1 is 0.970 bits per heavy atom. The number of rotatable bonds is 5. The Labute approximate surface area is 189 Å². The van der Waals surface area contributed by atoms with Gasteiger partial charge in [0, 0.05) is 11.4 Å². The lowest BCUT2D eigenvalue weighted by atomic mass is 10.0. The van der Waals surface area contributed by atoms with Crippen molar-refractivity contribution < 1.29 is 9.21 Å². The Bertz CT molecular complexity index is 1520. The molecule has 0 saturated heterocycles. The number of aromatic amines is 1. The van der Waals surface area contributed by atoms with Crippen LogP contribution in [-0.2, 0) is 6.54 Å². The number of fused-ring (bicyclic) bond motifs is 2. The highest BCUT2D eigenvalue weighted by molar-refractivity contribution is 6.07. The summed E-state index contributed by atoms with van der Waals surface area (Å²) in [6, 6.07) is 19.9. The highest BCUT2D eigenvalue weighted by atomic mass is 16.3. The van der Waals surface area contributed by atoms with E-state index in [1.54, 1.807) is 41.5 Å². The highest BCUT2D eigenvalue weighted by Gasteiger charge is 2.24. The average Bonchev–Trinajstić information content (AvgIpc) is 3.36. The second-order valence-corrected chi connectivity index (χ2v) is 8.11. The number of nitrogens with one attached hydrogen (secondary N) is 1. The lowest BCUT2D eigenvalue weighted by Gasteiger charge is -2.27. The minimum atomic E-state index is -0.221. The van der Waals surface area contributed by atoms with Gasteiger partial charge in [0.2, 0.25) is 0 Å². The maximum atomic E-state index is 13.8. The van der Waals surface area contributed by atoms with Crippen molar-refractivity contribution in [3.8, 4) is 11.5 Å². The third-order valence-corrected chi connectivity index (χ3v) is 5.59. The SMILES string of the molecule is CC(C)N(Cc1nc2ccccc2c(=O)[nH]1)C(=O)c1cc(-c2ccco2)nc2ccccc12. The number of carbonyl (C=O) groups excluding carboxylic acids is 1. The number of para-hydroxylation sites is 2. The lowest BCUT2D eigenvalue weighted by molar-refractivity contribution is 0.0687. The molecule has 0 aliphatic heterocycles. The van der Waals surface area contributed by atoms with Crippen molar-refractivity contribution in [2.24, 2.45) is 0 Å². The van der Waals surface area contributed by atoms with Gasteiger partial charge in [0.25, 0.3) is 11.5 Å². The summed E-state index contributed by atoms with van der Waals surface area (Å²) < 4.78 is 5.52. The van der Waals surface area contributed by atoms with Crippen molar-refractivity contribution in [1.29, 1.82) is 0 Å². The number of amides is 1. The van der Waals surface area contributed by atoms with Crippen molar-refractivity contribution in [2.45, 2.75) is 26.4 Å². The fraction of sp³-hybridized carbons (Fsp3) is 0.154. The predicted octanol–water partition coefficient (Wildman–Crippen LogP) is 4.78. The number of aromatic nitrogens is 3. The van der Waals surface area contributed by atoms with E-state index >= 15 is 0 Å². The molecule has 33 heavy (non-hydrogen) atoms. The number of hydrogen-bond acceptors (Lipinski definition) is 5. The smallest absolute Gasteiger partial charge is 0.258 e. The maximum absolute atomic E-state index is 13.8. The zero-order valence-electron chi connectivity index (χ0n) is 18.3. The van der Waals surface area contributed by atoms with Crippen LogP contribution in [0.15, 0.2) is 82.2 Å². The number of benzene rings is 2. The topological polar surface area (TPSA) is 92.1 Å². The standard InChI is InChI=1S/C26H22N4O3/c1-16(2)30(15-24-28-21-11-6-4-9-18(21)25(31)29-24)26(32)19-14-22(23-12-7-13-33-23)27-20-10-5-3-8-17(19)20/h3-14,16H,15H2,1-2H3,(H,28,29,31). The van der Waals surface area contributed by atoms with E-state index in [0.29, 0.717) is 39.3 Å². The molecule has 5 rings (SSSR count). The quantitative estimate of drug-likeness (QED) is 0.426. The molecule has 0 aliphatic carbocycles. The Morgan fingerprint density at radius 3 is 2.36 bits per heavy atom. The number of nitrogens with zero attached hydrogens (tertiary/aromatic N) is 3. The molecule has 7 nitrogen and oxygen atoms in total. The number of furan rings is 1. The fourth-order valence-electron chi connectivity index (χ4n) is 3.92. The first-order valence-electron chi connectivity index (χ1n) is 10.7. The van der Waals surface area contributed by atoms with Crippen LogP contribution in [0.3, 0.4) is 0 Å². The minimum Gasteiger partial charge on any atom is -0.463 e. The van der Waals surface area contributed by atoms with Gasteiger partial charge in [0.15, 0.2) is 5.76 Å². The van der Waals surface area contributed by atoms with Crippen LogP contribution in [0.2, 0.25) is 0 Å². The first kappa shape index (κ1) is 20.6. The van der Waals surface area contributed by atoms with Crippen molar-refractivity contribution in [3.05, 3.63) is 94.7 Å². The maximum Gasteiger partial charge on any atom is 0.258 e. The number of hydrogen-bond donors (Lipinski definition) is 1. The van der Waals surface area contributed by atoms with Gasteiger partial charge in [0.05, 0.1) is 34.8 Å². The van der Waals surface area contributed by atoms with E-state index < -0.39 is 0 Å². The fourth-order valence-corrected chi connectivity index (χ4v) is 3.92. The molecule has 3 heterocycles. The average molecular weight is 438 g/mol. The van der Waals surface area contributed by atoms with Gasteiger partial charge in [0.1, 0.15) is 11.5 Å². The van der Waals surface area contributed by atoms with E-state index in [1.807, 2.05) is 50.2 Å². The monoisotopic (exact) mass is 438 g/mol.